The number of carbonyl (C=O) groups is 1. The molecule has 108 valence electrons. The van der Waals surface area contributed by atoms with E-state index < -0.39 is 5.97 Å². The number of hydrogen-bond acceptors (Lipinski definition) is 3. The van der Waals surface area contributed by atoms with E-state index in [1.807, 2.05) is 12.1 Å². The number of carboxylic acid groups (broad SMARTS) is 1. The van der Waals surface area contributed by atoms with Gasteiger partial charge in [0.25, 0.3) is 0 Å². The van der Waals surface area contributed by atoms with Crippen molar-refractivity contribution in [1.29, 1.82) is 0 Å². The Morgan fingerprint density at radius 2 is 1.90 bits per heavy atom. The van der Waals surface area contributed by atoms with Crippen LogP contribution in [0.4, 0.5) is 0 Å². The number of fused-ring (bicyclic) bond motifs is 1. The molecule has 0 aliphatic heterocycles. The van der Waals surface area contributed by atoms with Gasteiger partial charge in [0.05, 0.1) is 5.02 Å². The average molecular weight is 304 g/mol. The Labute approximate surface area is 127 Å². The molecule has 1 aromatic heterocycles. The number of rotatable bonds is 3. The third kappa shape index (κ3) is 3.00. The van der Waals surface area contributed by atoms with Gasteiger partial charge in [-0.1, -0.05) is 17.7 Å². The Hall–Kier alpha value is -2.07. The minimum absolute atomic E-state index is 0.0975. The quantitative estimate of drug-likeness (QED) is 0.927. The molecule has 0 saturated carbocycles. The van der Waals surface area contributed by atoms with Gasteiger partial charge in [0.2, 0.25) is 5.88 Å². The van der Waals surface area contributed by atoms with E-state index in [0.29, 0.717) is 5.75 Å². The highest BCUT2D eigenvalue weighted by Crippen LogP contribution is 2.28. The molecule has 0 fully saturated rings. The molecule has 1 aliphatic carbocycles. The fourth-order valence-corrected chi connectivity index (χ4v) is 2.71. The number of ether oxygens (including phenoxy) is 1. The second kappa shape index (κ2) is 5.74. The van der Waals surface area contributed by atoms with Crippen LogP contribution in [-0.2, 0) is 12.8 Å². The molecule has 0 amide bonds. The van der Waals surface area contributed by atoms with Crippen LogP contribution in [0, 0.1) is 0 Å². The summed E-state index contributed by atoms with van der Waals surface area (Å²) in [4.78, 5) is 14.9. The molecule has 0 spiro atoms. The molecule has 0 saturated heterocycles. The number of nitrogens with zero attached hydrogens (tertiary/aromatic N) is 1. The Bertz CT molecular complexity index is 700. The molecule has 1 aliphatic rings. The average Bonchev–Trinajstić information content (AvgIpc) is 2.49. The van der Waals surface area contributed by atoms with Crippen LogP contribution in [0.5, 0.6) is 11.6 Å². The van der Waals surface area contributed by atoms with E-state index >= 15 is 0 Å². The molecule has 0 atom stereocenters. The molecule has 1 aromatic carbocycles. The number of benzene rings is 1. The fraction of sp³-hybridized carbons (Fsp3) is 0.250. The van der Waals surface area contributed by atoms with Crippen molar-refractivity contribution in [3.63, 3.8) is 0 Å². The van der Waals surface area contributed by atoms with Gasteiger partial charge in [0, 0.05) is 6.07 Å². The zero-order chi connectivity index (χ0) is 14.8. The van der Waals surface area contributed by atoms with Crippen molar-refractivity contribution < 1.29 is 14.6 Å². The van der Waals surface area contributed by atoms with E-state index in [1.165, 1.54) is 30.0 Å². The van der Waals surface area contributed by atoms with Gasteiger partial charge in [-0.05, 0) is 55.0 Å². The smallest absolute Gasteiger partial charge is 0.356 e. The monoisotopic (exact) mass is 303 g/mol. The third-order valence-corrected chi connectivity index (χ3v) is 3.87. The molecule has 21 heavy (non-hydrogen) atoms. The molecule has 3 rings (SSSR count). The first kappa shape index (κ1) is 13.9. The van der Waals surface area contributed by atoms with Gasteiger partial charge in [-0.25, -0.2) is 9.78 Å². The number of pyridine rings is 1. The summed E-state index contributed by atoms with van der Waals surface area (Å²) in [5, 5.41) is 9.11. The van der Waals surface area contributed by atoms with Crippen LogP contribution in [0.2, 0.25) is 5.02 Å². The van der Waals surface area contributed by atoms with E-state index in [4.69, 9.17) is 21.4 Å². The van der Waals surface area contributed by atoms with Crippen LogP contribution in [0.25, 0.3) is 0 Å². The molecule has 1 N–H and O–H groups in total. The normalized spacial score (nSPS) is 13.6. The summed E-state index contributed by atoms with van der Waals surface area (Å²) in [6, 6.07) is 9.00. The summed E-state index contributed by atoms with van der Waals surface area (Å²) in [5.41, 5.74) is 2.46. The van der Waals surface area contributed by atoms with Crippen LogP contribution in [0.1, 0.15) is 34.5 Å². The standard InChI is InChI=1S/C16H14ClNO3/c17-13-7-8-14(18-15(13)16(19)20)21-12-6-5-10-3-1-2-4-11(10)9-12/h5-9H,1-4H2,(H,19,20). The second-order valence-corrected chi connectivity index (χ2v) is 5.43. The first-order valence-electron chi connectivity index (χ1n) is 6.83. The van der Waals surface area contributed by atoms with Crippen molar-refractivity contribution >= 4 is 17.6 Å². The van der Waals surface area contributed by atoms with Gasteiger partial charge < -0.3 is 9.84 Å². The van der Waals surface area contributed by atoms with E-state index in [2.05, 4.69) is 11.1 Å². The molecular formula is C16H14ClNO3. The maximum Gasteiger partial charge on any atom is 0.356 e. The number of hydrogen-bond donors (Lipinski definition) is 1. The first-order valence-corrected chi connectivity index (χ1v) is 7.21. The minimum atomic E-state index is -1.17. The second-order valence-electron chi connectivity index (χ2n) is 5.02. The van der Waals surface area contributed by atoms with Gasteiger partial charge in [-0.3, -0.25) is 0 Å². The first-order chi connectivity index (χ1) is 10.1. The fourth-order valence-electron chi connectivity index (χ4n) is 2.53. The van der Waals surface area contributed by atoms with Gasteiger partial charge >= 0.3 is 5.97 Å². The Morgan fingerprint density at radius 1 is 1.14 bits per heavy atom. The highest BCUT2D eigenvalue weighted by molar-refractivity contribution is 6.33. The lowest BCUT2D eigenvalue weighted by atomic mass is 9.92. The molecule has 5 heteroatoms. The molecule has 0 unspecified atom stereocenters. The van der Waals surface area contributed by atoms with Crippen molar-refractivity contribution in [2.24, 2.45) is 0 Å². The maximum absolute atomic E-state index is 11.0. The largest absolute Gasteiger partial charge is 0.476 e. The topological polar surface area (TPSA) is 59.4 Å². The maximum atomic E-state index is 11.0. The molecule has 1 heterocycles. The Morgan fingerprint density at radius 3 is 2.67 bits per heavy atom. The predicted octanol–water partition coefficient (Wildman–Crippen LogP) is 4.10. The summed E-state index contributed by atoms with van der Waals surface area (Å²) in [7, 11) is 0. The van der Waals surface area contributed by atoms with Crippen molar-refractivity contribution in [2.45, 2.75) is 25.7 Å². The summed E-state index contributed by atoms with van der Waals surface area (Å²) in [6.07, 6.45) is 4.59. The number of aromatic carboxylic acids is 1. The van der Waals surface area contributed by atoms with Crippen LogP contribution in [-0.4, -0.2) is 16.1 Å². The van der Waals surface area contributed by atoms with Gasteiger partial charge in [-0.2, -0.15) is 0 Å². The Kier molecular flexibility index (Phi) is 3.80. The van der Waals surface area contributed by atoms with Crippen molar-refractivity contribution in [2.75, 3.05) is 0 Å². The van der Waals surface area contributed by atoms with Crippen molar-refractivity contribution in [3.05, 3.63) is 52.2 Å². The van der Waals surface area contributed by atoms with Gasteiger partial charge in [0.15, 0.2) is 5.69 Å². The van der Waals surface area contributed by atoms with Gasteiger partial charge in [0.1, 0.15) is 5.75 Å². The highest BCUT2D eigenvalue weighted by atomic mass is 35.5. The lowest BCUT2D eigenvalue weighted by Gasteiger charge is -2.16. The third-order valence-electron chi connectivity index (χ3n) is 3.57. The van der Waals surface area contributed by atoms with E-state index in [-0.39, 0.29) is 16.6 Å². The van der Waals surface area contributed by atoms with Crippen molar-refractivity contribution in [1.82, 2.24) is 4.98 Å². The molecule has 0 bridgehead atoms. The lowest BCUT2D eigenvalue weighted by Crippen LogP contribution is -2.04. The predicted molar refractivity (Wildman–Crippen MR) is 79.4 cm³/mol. The zero-order valence-electron chi connectivity index (χ0n) is 11.3. The minimum Gasteiger partial charge on any atom is -0.476 e. The van der Waals surface area contributed by atoms with Crippen LogP contribution in [0.15, 0.2) is 30.3 Å². The highest BCUT2D eigenvalue weighted by Gasteiger charge is 2.14. The van der Waals surface area contributed by atoms with Gasteiger partial charge in [-0.15, -0.1) is 0 Å². The van der Waals surface area contributed by atoms with Crippen molar-refractivity contribution in [3.8, 4) is 11.6 Å². The molecular weight excluding hydrogens is 290 g/mol. The van der Waals surface area contributed by atoms with E-state index in [1.54, 1.807) is 6.07 Å². The van der Waals surface area contributed by atoms with E-state index in [0.717, 1.165) is 12.8 Å². The van der Waals surface area contributed by atoms with Crippen LogP contribution >= 0.6 is 11.6 Å². The number of aryl methyl sites for hydroxylation is 2. The Balaban J connectivity index is 1.86. The number of aromatic nitrogens is 1. The summed E-state index contributed by atoms with van der Waals surface area (Å²) >= 11 is 5.79. The summed E-state index contributed by atoms with van der Waals surface area (Å²) in [5.74, 6) is -0.273. The van der Waals surface area contributed by atoms with Crippen LogP contribution < -0.4 is 4.74 Å². The van der Waals surface area contributed by atoms with E-state index in [9.17, 15) is 4.79 Å². The van der Waals surface area contributed by atoms with Crippen LogP contribution in [0.3, 0.4) is 0 Å². The number of carboxylic acids is 1. The SMILES string of the molecule is O=C(O)c1nc(Oc2ccc3c(c2)CCCC3)ccc1Cl. The lowest BCUT2D eigenvalue weighted by molar-refractivity contribution is 0.0690. The molecule has 2 aromatic rings. The zero-order valence-corrected chi connectivity index (χ0v) is 12.1. The molecule has 0 radical (unpaired) electrons. The summed E-state index contributed by atoms with van der Waals surface area (Å²) in [6.45, 7) is 0. The molecule has 4 nitrogen and oxygen atoms in total. The summed E-state index contributed by atoms with van der Waals surface area (Å²) < 4.78 is 5.66. The number of halogens is 1.